The highest BCUT2D eigenvalue weighted by Crippen LogP contribution is 2.21. The molecule has 0 saturated heterocycles. The van der Waals surface area contributed by atoms with Gasteiger partial charge in [-0.2, -0.15) is 5.10 Å². The number of amides is 1. The van der Waals surface area contributed by atoms with Crippen LogP contribution in [-0.4, -0.2) is 29.3 Å². The highest BCUT2D eigenvalue weighted by molar-refractivity contribution is 5.91. The summed E-state index contributed by atoms with van der Waals surface area (Å²) in [5, 5.41) is 10.4. The van der Waals surface area contributed by atoms with Crippen molar-refractivity contribution in [1.29, 1.82) is 0 Å². The molecular weight excluding hydrogens is 240 g/mol. The molecule has 1 amide bonds. The minimum absolute atomic E-state index is 0.0136. The molecule has 0 aliphatic carbocycles. The number of nitrogens with zero attached hydrogens (tertiary/aromatic N) is 2. The Bertz CT molecular complexity index is 431. The first-order valence-electron chi connectivity index (χ1n) is 6.71. The van der Waals surface area contributed by atoms with Gasteiger partial charge in [0.05, 0.1) is 5.69 Å². The summed E-state index contributed by atoms with van der Waals surface area (Å²) in [6.45, 7) is 9.09. The number of aryl methyl sites for hydroxylation is 1. The summed E-state index contributed by atoms with van der Waals surface area (Å²) >= 11 is 0. The van der Waals surface area contributed by atoms with E-state index in [-0.39, 0.29) is 17.2 Å². The van der Waals surface area contributed by atoms with E-state index in [9.17, 15) is 4.79 Å². The largest absolute Gasteiger partial charge is 0.319 e. The first kappa shape index (κ1) is 15.7. The van der Waals surface area contributed by atoms with Crippen LogP contribution in [0, 0.1) is 11.3 Å². The van der Waals surface area contributed by atoms with E-state index >= 15 is 0 Å². The zero-order valence-electron chi connectivity index (χ0n) is 12.9. The summed E-state index contributed by atoms with van der Waals surface area (Å²) in [7, 11) is 3.69. The Hall–Kier alpha value is -1.36. The first-order valence-corrected chi connectivity index (χ1v) is 6.71. The maximum absolute atomic E-state index is 12.0. The van der Waals surface area contributed by atoms with Crippen LogP contribution >= 0.6 is 0 Å². The third kappa shape index (κ3) is 5.03. The number of rotatable bonds is 5. The lowest BCUT2D eigenvalue weighted by atomic mass is 9.91. The van der Waals surface area contributed by atoms with Crippen molar-refractivity contribution < 1.29 is 4.79 Å². The number of hydrogen-bond donors (Lipinski definition) is 2. The quantitative estimate of drug-likeness (QED) is 0.854. The standard InChI is InChI=1S/C14H26N4O/c1-10(9-15-5)13(19)16-12-7-11(17-18(12)6)8-14(2,3)4/h7,10,15H,8-9H2,1-6H3,(H,16,19). The first-order chi connectivity index (χ1) is 8.73. The molecule has 0 radical (unpaired) electrons. The number of aromatic nitrogens is 2. The van der Waals surface area contributed by atoms with Crippen LogP contribution in [0.1, 0.15) is 33.4 Å². The van der Waals surface area contributed by atoms with Gasteiger partial charge in [0, 0.05) is 25.6 Å². The van der Waals surface area contributed by atoms with Crippen molar-refractivity contribution in [2.24, 2.45) is 18.4 Å². The second kappa shape index (κ2) is 6.19. The highest BCUT2D eigenvalue weighted by Gasteiger charge is 2.17. The molecule has 0 aliphatic rings. The Morgan fingerprint density at radius 2 is 2.11 bits per heavy atom. The lowest BCUT2D eigenvalue weighted by molar-refractivity contribution is -0.119. The molecule has 1 aromatic rings. The normalized spacial score (nSPS) is 13.4. The van der Waals surface area contributed by atoms with Crippen LogP contribution in [0.15, 0.2) is 6.07 Å². The van der Waals surface area contributed by atoms with Gasteiger partial charge in [0.25, 0.3) is 0 Å². The van der Waals surface area contributed by atoms with Crippen LogP contribution in [0.4, 0.5) is 5.82 Å². The number of nitrogens with one attached hydrogen (secondary N) is 2. The average molecular weight is 266 g/mol. The fraction of sp³-hybridized carbons (Fsp3) is 0.714. The number of carbonyl (C=O) groups is 1. The number of carbonyl (C=O) groups excluding carboxylic acids is 1. The minimum Gasteiger partial charge on any atom is -0.319 e. The van der Waals surface area contributed by atoms with E-state index in [2.05, 4.69) is 36.5 Å². The maximum atomic E-state index is 12.0. The SMILES string of the molecule is CNCC(C)C(=O)Nc1cc(CC(C)(C)C)nn1C. The predicted molar refractivity (Wildman–Crippen MR) is 78.1 cm³/mol. The van der Waals surface area contributed by atoms with Crippen LogP contribution in [0.25, 0.3) is 0 Å². The topological polar surface area (TPSA) is 59.0 Å². The second-order valence-corrected chi connectivity index (χ2v) is 6.33. The van der Waals surface area contributed by atoms with Crippen LogP contribution in [-0.2, 0) is 18.3 Å². The summed E-state index contributed by atoms with van der Waals surface area (Å²) in [4.78, 5) is 12.0. The van der Waals surface area contributed by atoms with E-state index in [4.69, 9.17) is 0 Å². The fourth-order valence-corrected chi connectivity index (χ4v) is 1.92. The third-order valence-electron chi connectivity index (χ3n) is 2.85. The smallest absolute Gasteiger partial charge is 0.229 e. The lowest BCUT2D eigenvalue weighted by Gasteiger charge is -2.15. The van der Waals surface area contributed by atoms with Crippen LogP contribution in [0.3, 0.4) is 0 Å². The molecule has 5 nitrogen and oxygen atoms in total. The molecule has 0 saturated carbocycles. The lowest BCUT2D eigenvalue weighted by Crippen LogP contribution is -2.29. The fourth-order valence-electron chi connectivity index (χ4n) is 1.92. The highest BCUT2D eigenvalue weighted by atomic mass is 16.2. The number of hydrogen-bond acceptors (Lipinski definition) is 3. The number of anilines is 1. The van der Waals surface area contributed by atoms with Gasteiger partial charge in [-0.15, -0.1) is 0 Å². The van der Waals surface area contributed by atoms with Crippen LogP contribution in [0.5, 0.6) is 0 Å². The molecule has 2 N–H and O–H groups in total. The van der Waals surface area contributed by atoms with Crippen molar-refractivity contribution in [2.45, 2.75) is 34.1 Å². The van der Waals surface area contributed by atoms with Crippen LogP contribution in [0.2, 0.25) is 0 Å². The molecule has 1 heterocycles. The van der Waals surface area contributed by atoms with Gasteiger partial charge in [-0.1, -0.05) is 27.7 Å². The van der Waals surface area contributed by atoms with E-state index in [0.717, 1.165) is 17.9 Å². The van der Waals surface area contributed by atoms with Crippen molar-refractivity contribution in [3.05, 3.63) is 11.8 Å². The summed E-state index contributed by atoms with van der Waals surface area (Å²) in [6, 6.07) is 1.95. The van der Waals surface area contributed by atoms with E-state index < -0.39 is 0 Å². The summed E-state index contributed by atoms with van der Waals surface area (Å²) in [6.07, 6.45) is 0.892. The van der Waals surface area contributed by atoms with Crippen molar-refractivity contribution in [3.8, 4) is 0 Å². The van der Waals surface area contributed by atoms with Gasteiger partial charge < -0.3 is 10.6 Å². The van der Waals surface area contributed by atoms with Gasteiger partial charge in [-0.25, -0.2) is 0 Å². The molecule has 108 valence electrons. The summed E-state index contributed by atoms with van der Waals surface area (Å²) in [5.74, 6) is 0.706. The summed E-state index contributed by atoms with van der Waals surface area (Å²) in [5.41, 5.74) is 1.20. The molecule has 0 aromatic carbocycles. The van der Waals surface area contributed by atoms with Gasteiger partial charge in [-0.05, 0) is 18.9 Å². The van der Waals surface area contributed by atoms with Gasteiger partial charge >= 0.3 is 0 Å². The molecular formula is C14H26N4O. The monoisotopic (exact) mass is 266 g/mol. The van der Waals surface area contributed by atoms with Crippen molar-refractivity contribution in [1.82, 2.24) is 15.1 Å². The zero-order chi connectivity index (χ0) is 14.6. The molecule has 1 aromatic heterocycles. The van der Waals surface area contributed by atoms with E-state index in [1.165, 1.54) is 0 Å². The molecule has 0 fully saturated rings. The van der Waals surface area contributed by atoms with Gasteiger partial charge in [-0.3, -0.25) is 9.48 Å². The predicted octanol–water partition coefficient (Wildman–Crippen LogP) is 1.80. The average Bonchev–Trinajstić information content (AvgIpc) is 2.56. The van der Waals surface area contributed by atoms with Crippen molar-refractivity contribution in [2.75, 3.05) is 18.9 Å². The molecule has 19 heavy (non-hydrogen) atoms. The molecule has 1 atom stereocenters. The van der Waals surface area contributed by atoms with Crippen molar-refractivity contribution >= 4 is 11.7 Å². The maximum Gasteiger partial charge on any atom is 0.229 e. The molecule has 0 aliphatic heterocycles. The van der Waals surface area contributed by atoms with Crippen LogP contribution < -0.4 is 10.6 Å². The van der Waals surface area contributed by atoms with Crippen molar-refractivity contribution in [3.63, 3.8) is 0 Å². The minimum atomic E-state index is -0.0639. The summed E-state index contributed by atoms with van der Waals surface area (Å²) < 4.78 is 1.73. The van der Waals surface area contributed by atoms with E-state index in [1.807, 2.05) is 27.1 Å². The Kier molecular flexibility index (Phi) is 5.11. The van der Waals surface area contributed by atoms with Gasteiger partial charge in [0.2, 0.25) is 5.91 Å². The zero-order valence-corrected chi connectivity index (χ0v) is 12.9. The van der Waals surface area contributed by atoms with Gasteiger partial charge in [0.1, 0.15) is 5.82 Å². The molecule has 1 unspecified atom stereocenters. The Balaban J connectivity index is 2.72. The Labute approximate surface area is 115 Å². The van der Waals surface area contributed by atoms with E-state index in [0.29, 0.717) is 6.54 Å². The second-order valence-electron chi connectivity index (χ2n) is 6.33. The third-order valence-corrected chi connectivity index (χ3v) is 2.85. The molecule has 0 spiro atoms. The molecule has 5 heteroatoms. The van der Waals surface area contributed by atoms with E-state index in [1.54, 1.807) is 4.68 Å². The molecule has 0 bridgehead atoms. The van der Waals surface area contributed by atoms with Gasteiger partial charge in [0.15, 0.2) is 0 Å². The Morgan fingerprint density at radius 1 is 1.47 bits per heavy atom. The Morgan fingerprint density at radius 3 is 2.63 bits per heavy atom. The molecule has 1 rings (SSSR count).